The van der Waals surface area contributed by atoms with Crippen LogP contribution in [0.1, 0.15) is 13.8 Å². The molecular weight excluding hydrogens is 278 g/mol. The van der Waals surface area contributed by atoms with Crippen LogP contribution in [0.15, 0.2) is 34.9 Å². The number of urea groups is 1. The molecule has 1 aromatic carbocycles. The number of anilines is 1. The molecule has 0 spiro atoms. The van der Waals surface area contributed by atoms with Gasteiger partial charge in [0.2, 0.25) is 5.88 Å². The smallest absolute Gasteiger partial charge is 0.324 e. The van der Waals surface area contributed by atoms with Crippen LogP contribution in [-0.2, 0) is 0 Å². The van der Waals surface area contributed by atoms with Gasteiger partial charge in [-0.1, -0.05) is 28.9 Å². The molecule has 0 saturated heterocycles. The van der Waals surface area contributed by atoms with Gasteiger partial charge in [-0.2, -0.15) is 0 Å². The first kappa shape index (κ1) is 14.4. The molecule has 0 radical (unpaired) electrons. The predicted octanol–water partition coefficient (Wildman–Crippen LogP) is 3.87. The SMILES string of the molecule is CCN(CC)C(=O)Nc1cc(-c2ccc(Cl)cc2)no1. The standard InChI is InChI=1S/C14H16ClN3O2/c1-3-18(4-2)14(19)16-13-9-12(17-20-13)10-5-7-11(15)8-6-10/h5-9H,3-4H2,1-2H3,(H,16,19). The number of hydrogen-bond donors (Lipinski definition) is 1. The maximum absolute atomic E-state index is 11.9. The van der Waals surface area contributed by atoms with Crippen LogP contribution < -0.4 is 5.32 Å². The third-order valence-corrected chi connectivity index (χ3v) is 3.18. The number of rotatable bonds is 4. The maximum atomic E-state index is 11.9. The molecular formula is C14H16ClN3O2. The van der Waals surface area contributed by atoms with Gasteiger partial charge in [-0.15, -0.1) is 0 Å². The number of carbonyl (C=O) groups is 1. The molecule has 6 heteroatoms. The van der Waals surface area contributed by atoms with E-state index in [1.54, 1.807) is 23.1 Å². The highest BCUT2D eigenvalue weighted by atomic mass is 35.5. The summed E-state index contributed by atoms with van der Waals surface area (Å²) in [6, 6.07) is 8.73. The van der Waals surface area contributed by atoms with E-state index in [9.17, 15) is 4.79 Å². The van der Waals surface area contributed by atoms with Crippen molar-refractivity contribution in [2.75, 3.05) is 18.4 Å². The van der Waals surface area contributed by atoms with Crippen LogP contribution >= 0.6 is 11.6 Å². The second-order valence-corrected chi connectivity index (χ2v) is 4.62. The Hall–Kier alpha value is -2.01. The van der Waals surface area contributed by atoms with Crippen molar-refractivity contribution >= 4 is 23.5 Å². The summed E-state index contributed by atoms with van der Waals surface area (Å²) in [7, 11) is 0. The molecule has 1 N–H and O–H groups in total. The molecule has 1 heterocycles. The van der Waals surface area contributed by atoms with E-state index in [0.29, 0.717) is 29.7 Å². The van der Waals surface area contributed by atoms with E-state index in [0.717, 1.165) is 5.56 Å². The molecule has 0 fully saturated rings. The lowest BCUT2D eigenvalue weighted by atomic mass is 10.1. The van der Waals surface area contributed by atoms with Gasteiger partial charge in [0.25, 0.3) is 0 Å². The van der Waals surface area contributed by atoms with Gasteiger partial charge in [-0.25, -0.2) is 4.79 Å². The molecule has 0 unspecified atom stereocenters. The van der Waals surface area contributed by atoms with Gasteiger partial charge in [0.05, 0.1) is 0 Å². The zero-order chi connectivity index (χ0) is 14.5. The van der Waals surface area contributed by atoms with Gasteiger partial charge in [0.15, 0.2) is 0 Å². The number of amides is 2. The van der Waals surface area contributed by atoms with Crippen LogP contribution in [0.5, 0.6) is 0 Å². The number of hydrogen-bond acceptors (Lipinski definition) is 3. The second-order valence-electron chi connectivity index (χ2n) is 4.19. The average Bonchev–Trinajstić information content (AvgIpc) is 2.89. The van der Waals surface area contributed by atoms with Crippen molar-refractivity contribution in [1.29, 1.82) is 0 Å². The van der Waals surface area contributed by atoms with E-state index in [1.807, 2.05) is 26.0 Å². The highest BCUT2D eigenvalue weighted by Crippen LogP contribution is 2.23. The Morgan fingerprint density at radius 3 is 2.55 bits per heavy atom. The first-order valence-corrected chi connectivity index (χ1v) is 6.80. The summed E-state index contributed by atoms with van der Waals surface area (Å²) in [5, 5.41) is 7.27. The van der Waals surface area contributed by atoms with E-state index in [-0.39, 0.29) is 6.03 Å². The molecule has 0 atom stereocenters. The fraction of sp³-hybridized carbons (Fsp3) is 0.286. The summed E-state index contributed by atoms with van der Waals surface area (Å²) < 4.78 is 5.12. The Balaban J connectivity index is 2.09. The Labute approximate surface area is 122 Å². The fourth-order valence-electron chi connectivity index (χ4n) is 1.79. The lowest BCUT2D eigenvalue weighted by Gasteiger charge is -2.17. The normalized spacial score (nSPS) is 10.3. The Kier molecular flexibility index (Phi) is 4.63. The minimum absolute atomic E-state index is 0.200. The Bertz CT molecular complexity index is 576. The van der Waals surface area contributed by atoms with Crippen LogP contribution in [0.3, 0.4) is 0 Å². The van der Waals surface area contributed by atoms with E-state index in [2.05, 4.69) is 10.5 Å². The molecule has 2 rings (SSSR count). The van der Waals surface area contributed by atoms with Gasteiger partial charge >= 0.3 is 6.03 Å². The third-order valence-electron chi connectivity index (χ3n) is 2.93. The van der Waals surface area contributed by atoms with Crippen molar-refractivity contribution in [2.45, 2.75) is 13.8 Å². The monoisotopic (exact) mass is 293 g/mol. The highest BCUT2D eigenvalue weighted by Gasteiger charge is 2.13. The largest absolute Gasteiger partial charge is 0.338 e. The van der Waals surface area contributed by atoms with Crippen LogP contribution in [0.2, 0.25) is 5.02 Å². The van der Waals surface area contributed by atoms with Crippen molar-refractivity contribution in [3.05, 3.63) is 35.4 Å². The third kappa shape index (κ3) is 3.30. The van der Waals surface area contributed by atoms with Crippen molar-refractivity contribution in [3.8, 4) is 11.3 Å². The fourth-order valence-corrected chi connectivity index (χ4v) is 1.91. The van der Waals surface area contributed by atoms with Gasteiger partial charge in [0.1, 0.15) is 5.69 Å². The zero-order valence-corrected chi connectivity index (χ0v) is 12.1. The van der Waals surface area contributed by atoms with Crippen molar-refractivity contribution < 1.29 is 9.32 Å². The lowest BCUT2D eigenvalue weighted by molar-refractivity contribution is 0.216. The summed E-state index contributed by atoms with van der Waals surface area (Å²) in [5.41, 5.74) is 1.53. The second kappa shape index (κ2) is 6.43. The quantitative estimate of drug-likeness (QED) is 0.931. The maximum Gasteiger partial charge on any atom is 0.324 e. The molecule has 0 aliphatic heterocycles. The van der Waals surface area contributed by atoms with Crippen molar-refractivity contribution in [2.24, 2.45) is 0 Å². The summed E-state index contributed by atoms with van der Waals surface area (Å²) in [4.78, 5) is 13.5. The number of nitrogens with one attached hydrogen (secondary N) is 1. The van der Waals surface area contributed by atoms with Crippen LogP contribution in [0.25, 0.3) is 11.3 Å². The minimum Gasteiger partial charge on any atom is -0.338 e. The molecule has 0 aliphatic carbocycles. The molecule has 0 bridgehead atoms. The Morgan fingerprint density at radius 2 is 1.95 bits per heavy atom. The van der Waals surface area contributed by atoms with Gasteiger partial charge in [-0.05, 0) is 26.0 Å². The molecule has 2 amide bonds. The van der Waals surface area contributed by atoms with Gasteiger partial charge < -0.3 is 9.42 Å². The molecule has 0 aliphatic rings. The van der Waals surface area contributed by atoms with E-state index in [1.165, 1.54) is 0 Å². The van der Waals surface area contributed by atoms with Crippen molar-refractivity contribution in [3.63, 3.8) is 0 Å². The zero-order valence-electron chi connectivity index (χ0n) is 11.4. The first-order valence-electron chi connectivity index (χ1n) is 6.42. The number of halogens is 1. The van der Waals surface area contributed by atoms with Crippen molar-refractivity contribution in [1.82, 2.24) is 10.1 Å². The number of nitrogens with zero attached hydrogens (tertiary/aromatic N) is 2. The molecule has 5 nitrogen and oxygen atoms in total. The molecule has 2 aromatic rings. The first-order chi connectivity index (χ1) is 9.63. The summed E-state index contributed by atoms with van der Waals surface area (Å²) in [5.74, 6) is 0.326. The average molecular weight is 294 g/mol. The molecule has 0 saturated carbocycles. The van der Waals surface area contributed by atoms with Crippen LogP contribution in [0.4, 0.5) is 10.7 Å². The van der Waals surface area contributed by atoms with Gasteiger partial charge in [0, 0.05) is 29.7 Å². The number of carbonyl (C=O) groups excluding carboxylic acids is 1. The van der Waals surface area contributed by atoms with Crippen LogP contribution in [-0.4, -0.2) is 29.2 Å². The van der Waals surface area contributed by atoms with E-state index < -0.39 is 0 Å². The Morgan fingerprint density at radius 1 is 1.30 bits per heavy atom. The highest BCUT2D eigenvalue weighted by molar-refractivity contribution is 6.30. The van der Waals surface area contributed by atoms with Gasteiger partial charge in [-0.3, -0.25) is 5.32 Å². The summed E-state index contributed by atoms with van der Waals surface area (Å²) in [6.07, 6.45) is 0. The molecule has 1 aromatic heterocycles. The van der Waals surface area contributed by atoms with E-state index >= 15 is 0 Å². The lowest BCUT2D eigenvalue weighted by Crippen LogP contribution is -2.34. The number of benzene rings is 1. The molecule has 20 heavy (non-hydrogen) atoms. The number of aromatic nitrogens is 1. The summed E-state index contributed by atoms with van der Waals surface area (Å²) >= 11 is 5.83. The predicted molar refractivity (Wildman–Crippen MR) is 78.9 cm³/mol. The topological polar surface area (TPSA) is 58.4 Å². The molecule has 106 valence electrons. The van der Waals surface area contributed by atoms with E-state index in [4.69, 9.17) is 16.1 Å². The van der Waals surface area contributed by atoms with Crippen LogP contribution in [0, 0.1) is 0 Å². The minimum atomic E-state index is -0.200. The summed E-state index contributed by atoms with van der Waals surface area (Å²) in [6.45, 7) is 5.12.